The van der Waals surface area contributed by atoms with Crippen molar-refractivity contribution in [1.29, 1.82) is 0 Å². The summed E-state index contributed by atoms with van der Waals surface area (Å²) in [5, 5.41) is 6.39. The summed E-state index contributed by atoms with van der Waals surface area (Å²) < 4.78 is 0. The van der Waals surface area contributed by atoms with Crippen molar-refractivity contribution < 1.29 is 0 Å². The van der Waals surface area contributed by atoms with E-state index in [2.05, 4.69) is 49.6 Å². The quantitative estimate of drug-likeness (QED) is 0.279. The first-order chi connectivity index (χ1) is 13.6. The van der Waals surface area contributed by atoms with Gasteiger partial charge in [0.05, 0.1) is 30.7 Å². The molecule has 0 saturated carbocycles. The minimum absolute atomic E-state index is 0. The third kappa shape index (κ3) is 6.43. The number of aromatic nitrogens is 3. The molecule has 0 saturated heterocycles. The molecular weight excluding hydrogens is 497 g/mol. The van der Waals surface area contributed by atoms with Gasteiger partial charge < -0.3 is 20.1 Å². The minimum atomic E-state index is 0. The number of imidazole rings is 1. The van der Waals surface area contributed by atoms with Crippen LogP contribution in [0.1, 0.15) is 18.4 Å². The molecule has 0 spiro atoms. The normalized spacial score (nSPS) is 11.1. The zero-order valence-electron chi connectivity index (χ0n) is 17.2. The maximum Gasteiger partial charge on any atom is 0.194 e. The van der Waals surface area contributed by atoms with E-state index in [-0.39, 0.29) is 24.0 Å². The second kappa shape index (κ2) is 11.1. The average Bonchev–Trinajstić information content (AvgIpc) is 3.35. The van der Waals surface area contributed by atoms with Crippen molar-refractivity contribution in [1.82, 2.24) is 25.2 Å². The fourth-order valence-corrected chi connectivity index (χ4v) is 3.46. The highest BCUT2D eigenvalue weighted by molar-refractivity contribution is 14.0. The van der Waals surface area contributed by atoms with Gasteiger partial charge in [0, 0.05) is 33.1 Å². The van der Waals surface area contributed by atoms with E-state index in [1.165, 1.54) is 0 Å². The molecule has 2 N–H and O–H groups in total. The Labute approximate surface area is 193 Å². The van der Waals surface area contributed by atoms with Gasteiger partial charge in [-0.25, -0.2) is 15.0 Å². The topological polar surface area (TPSA) is 72.4 Å². The van der Waals surface area contributed by atoms with Crippen LogP contribution >= 0.6 is 35.3 Å². The van der Waals surface area contributed by atoms with Crippen LogP contribution in [-0.2, 0) is 13.1 Å². The van der Waals surface area contributed by atoms with Gasteiger partial charge in [-0.1, -0.05) is 30.3 Å². The summed E-state index contributed by atoms with van der Waals surface area (Å²) in [4.78, 5) is 21.3. The highest BCUT2D eigenvalue weighted by Gasteiger charge is 2.11. The molecule has 29 heavy (non-hydrogen) atoms. The van der Waals surface area contributed by atoms with Gasteiger partial charge in [0.15, 0.2) is 11.1 Å². The highest BCUT2D eigenvalue weighted by atomic mass is 127. The molecule has 1 aromatic carbocycles. The fourth-order valence-electron chi connectivity index (χ4n) is 2.71. The van der Waals surface area contributed by atoms with E-state index in [1.807, 2.05) is 50.4 Å². The molecule has 2 aromatic heterocycles. The van der Waals surface area contributed by atoms with Crippen LogP contribution in [0.2, 0.25) is 0 Å². The maximum atomic E-state index is 4.73. The second-order valence-electron chi connectivity index (χ2n) is 6.65. The van der Waals surface area contributed by atoms with Gasteiger partial charge in [0.1, 0.15) is 5.82 Å². The lowest BCUT2D eigenvalue weighted by atomic mass is 10.2. The molecule has 156 valence electrons. The molecule has 0 radical (unpaired) electrons. The number of nitrogens with one attached hydrogen (secondary N) is 2. The first-order valence-electron chi connectivity index (χ1n) is 9.27. The van der Waals surface area contributed by atoms with E-state index in [1.54, 1.807) is 11.3 Å². The van der Waals surface area contributed by atoms with Gasteiger partial charge >= 0.3 is 0 Å². The molecule has 7 nitrogen and oxygen atoms in total. The summed E-state index contributed by atoms with van der Waals surface area (Å²) >= 11 is 1.63. The first kappa shape index (κ1) is 23.1. The maximum absolute atomic E-state index is 4.73. The van der Waals surface area contributed by atoms with Crippen LogP contribution in [0.4, 0.5) is 5.13 Å². The number of aliphatic imine (C=N–C) groups is 1. The van der Waals surface area contributed by atoms with Crippen LogP contribution in [-0.4, -0.2) is 53.5 Å². The van der Waals surface area contributed by atoms with E-state index in [0.29, 0.717) is 13.1 Å². The number of hydrogen-bond donors (Lipinski definition) is 2. The zero-order chi connectivity index (χ0) is 19.9. The van der Waals surface area contributed by atoms with Crippen molar-refractivity contribution in [3.63, 3.8) is 0 Å². The minimum Gasteiger partial charge on any atom is -0.357 e. The Morgan fingerprint density at radius 1 is 1.21 bits per heavy atom. The number of nitrogens with zero attached hydrogens (tertiary/aromatic N) is 5. The summed E-state index contributed by atoms with van der Waals surface area (Å²) in [6, 6.07) is 10.2. The van der Waals surface area contributed by atoms with Crippen LogP contribution in [0, 0.1) is 0 Å². The second-order valence-corrected chi connectivity index (χ2v) is 7.49. The lowest BCUT2D eigenvalue weighted by Crippen LogP contribution is -2.38. The van der Waals surface area contributed by atoms with Crippen molar-refractivity contribution in [3.05, 3.63) is 53.4 Å². The molecule has 3 aromatic rings. The third-order valence-electron chi connectivity index (χ3n) is 4.11. The van der Waals surface area contributed by atoms with Crippen molar-refractivity contribution in [2.75, 3.05) is 32.6 Å². The van der Waals surface area contributed by atoms with Gasteiger partial charge in [-0.15, -0.1) is 35.3 Å². The molecule has 0 atom stereocenters. The molecule has 2 heterocycles. The van der Waals surface area contributed by atoms with Crippen molar-refractivity contribution in [3.8, 4) is 11.3 Å². The summed E-state index contributed by atoms with van der Waals surface area (Å²) in [5.41, 5.74) is 3.12. The van der Waals surface area contributed by atoms with Crippen LogP contribution in [0.15, 0.2) is 46.9 Å². The molecule has 9 heteroatoms. The van der Waals surface area contributed by atoms with Gasteiger partial charge in [-0.3, -0.25) is 0 Å². The summed E-state index contributed by atoms with van der Waals surface area (Å²) in [6.45, 7) is 4.05. The molecule has 0 aliphatic carbocycles. The smallest absolute Gasteiger partial charge is 0.194 e. The number of rotatable bonds is 7. The van der Waals surface area contributed by atoms with E-state index in [9.17, 15) is 0 Å². The number of aromatic amines is 1. The lowest BCUT2D eigenvalue weighted by molar-refractivity contribution is 0.464. The number of halogens is 1. The molecule has 0 bridgehead atoms. The first-order valence-corrected chi connectivity index (χ1v) is 10.1. The molecular formula is C20H28IN7S. The Morgan fingerprint density at radius 2 is 1.97 bits per heavy atom. The molecule has 0 aliphatic rings. The van der Waals surface area contributed by atoms with E-state index in [4.69, 9.17) is 4.99 Å². The van der Waals surface area contributed by atoms with Crippen LogP contribution < -0.4 is 10.2 Å². The molecule has 0 amide bonds. The monoisotopic (exact) mass is 525 g/mol. The predicted molar refractivity (Wildman–Crippen MR) is 132 cm³/mol. The van der Waals surface area contributed by atoms with Gasteiger partial charge in [0.2, 0.25) is 0 Å². The standard InChI is InChI=1S/C20H27N7S.HI/c1-5-21-19(23-11-16-14-28-20(24-16)26(2)3)27(4)13-18-22-12-17(25-18)15-9-7-6-8-10-15;/h6-10,12,14H,5,11,13H2,1-4H3,(H,21,23)(H,22,25);1H. The Bertz CT molecular complexity index is 904. The summed E-state index contributed by atoms with van der Waals surface area (Å²) in [6.07, 6.45) is 1.88. The third-order valence-corrected chi connectivity index (χ3v) is 5.17. The number of H-pyrrole nitrogens is 1. The molecule has 0 fully saturated rings. The Hall–Kier alpha value is -2.14. The van der Waals surface area contributed by atoms with Gasteiger partial charge in [-0.2, -0.15) is 0 Å². The van der Waals surface area contributed by atoms with Crippen LogP contribution in [0.5, 0.6) is 0 Å². The van der Waals surface area contributed by atoms with Crippen molar-refractivity contribution in [2.24, 2.45) is 4.99 Å². The Kier molecular flexibility index (Phi) is 8.90. The fraction of sp³-hybridized carbons (Fsp3) is 0.350. The van der Waals surface area contributed by atoms with Crippen LogP contribution in [0.25, 0.3) is 11.3 Å². The Morgan fingerprint density at radius 3 is 2.62 bits per heavy atom. The van der Waals surface area contributed by atoms with Gasteiger partial charge in [0.25, 0.3) is 0 Å². The number of thiazole rings is 1. The van der Waals surface area contributed by atoms with E-state index in [0.717, 1.165) is 40.4 Å². The molecule has 0 unspecified atom stereocenters. The Balaban J connectivity index is 0.00000300. The predicted octanol–water partition coefficient (Wildman–Crippen LogP) is 3.81. The number of anilines is 1. The summed E-state index contributed by atoms with van der Waals surface area (Å²) in [7, 11) is 6.01. The van der Waals surface area contributed by atoms with Crippen molar-refractivity contribution in [2.45, 2.75) is 20.0 Å². The average molecular weight is 525 g/mol. The van der Waals surface area contributed by atoms with E-state index < -0.39 is 0 Å². The van der Waals surface area contributed by atoms with Crippen LogP contribution in [0.3, 0.4) is 0 Å². The number of guanidine groups is 1. The zero-order valence-corrected chi connectivity index (χ0v) is 20.4. The van der Waals surface area contributed by atoms with Gasteiger partial charge in [-0.05, 0) is 12.5 Å². The largest absolute Gasteiger partial charge is 0.357 e. The SMILES string of the molecule is CCNC(=NCc1csc(N(C)C)n1)N(C)Cc1ncc(-c2ccccc2)[nH]1.I. The van der Waals surface area contributed by atoms with E-state index >= 15 is 0 Å². The lowest BCUT2D eigenvalue weighted by Gasteiger charge is -2.20. The summed E-state index contributed by atoms with van der Waals surface area (Å²) in [5.74, 6) is 1.73. The highest BCUT2D eigenvalue weighted by Crippen LogP contribution is 2.19. The molecule has 0 aliphatic heterocycles. The number of hydrogen-bond acceptors (Lipinski definition) is 5. The van der Waals surface area contributed by atoms with Crippen molar-refractivity contribution >= 4 is 46.4 Å². The number of benzene rings is 1. The molecule has 3 rings (SSSR count).